The third kappa shape index (κ3) is 5.27. The Balaban J connectivity index is 1.75. The number of hydrogen-bond donors (Lipinski definition) is 1. The molecule has 1 aliphatic rings. The van der Waals surface area contributed by atoms with Gasteiger partial charge in [-0.2, -0.15) is 0 Å². The molecule has 2 rings (SSSR count). The first-order chi connectivity index (χ1) is 11.0. The molecule has 6 nitrogen and oxygen atoms in total. The lowest BCUT2D eigenvalue weighted by Crippen LogP contribution is -2.41. The van der Waals surface area contributed by atoms with Crippen LogP contribution in [0.25, 0.3) is 0 Å². The lowest BCUT2D eigenvalue weighted by Gasteiger charge is -2.32. The number of carboxylic acid groups (broad SMARTS) is 1. The number of aryl methyl sites for hydroxylation is 2. The van der Waals surface area contributed by atoms with Gasteiger partial charge in [0.1, 0.15) is 5.76 Å². The summed E-state index contributed by atoms with van der Waals surface area (Å²) in [4.78, 5) is 24.9. The first-order valence-corrected chi connectivity index (χ1v) is 9.12. The predicted molar refractivity (Wildman–Crippen MR) is 88.3 cm³/mol. The molecule has 0 spiro atoms. The average Bonchev–Trinajstić information content (AvgIpc) is 2.85. The highest BCUT2D eigenvalue weighted by Gasteiger charge is 2.24. The van der Waals surface area contributed by atoms with Gasteiger partial charge in [-0.15, -0.1) is 11.8 Å². The number of likely N-dealkylation sites (tertiary alicyclic amines) is 1. The van der Waals surface area contributed by atoms with E-state index in [0.717, 1.165) is 42.2 Å². The monoisotopic (exact) mass is 340 g/mol. The number of rotatable bonds is 7. The van der Waals surface area contributed by atoms with E-state index < -0.39 is 5.97 Å². The van der Waals surface area contributed by atoms with Crippen LogP contribution in [0.2, 0.25) is 0 Å². The van der Waals surface area contributed by atoms with Crippen LogP contribution in [0, 0.1) is 19.8 Å². The first kappa shape index (κ1) is 17.8. The van der Waals surface area contributed by atoms with Gasteiger partial charge < -0.3 is 14.5 Å². The van der Waals surface area contributed by atoms with Crippen molar-refractivity contribution in [1.29, 1.82) is 0 Å². The van der Waals surface area contributed by atoms with Gasteiger partial charge in [0.25, 0.3) is 0 Å². The van der Waals surface area contributed by atoms with Gasteiger partial charge in [0.05, 0.1) is 11.4 Å². The van der Waals surface area contributed by atoms with Crippen molar-refractivity contribution in [2.24, 2.45) is 5.92 Å². The first-order valence-electron chi connectivity index (χ1n) is 7.96. The van der Waals surface area contributed by atoms with Gasteiger partial charge >= 0.3 is 5.97 Å². The van der Waals surface area contributed by atoms with Gasteiger partial charge in [-0.1, -0.05) is 5.16 Å². The molecule has 1 N–H and O–H groups in total. The van der Waals surface area contributed by atoms with E-state index in [1.807, 2.05) is 18.7 Å². The Hall–Kier alpha value is -1.50. The van der Waals surface area contributed by atoms with E-state index in [-0.39, 0.29) is 12.3 Å². The molecule has 7 heteroatoms. The van der Waals surface area contributed by atoms with Crippen molar-refractivity contribution in [1.82, 2.24) is 10.1 Å². The van der Waals surface area contributed by atoms with E-state index >= 15 is 0 Å². The van der Waals surface area contributed by atoms with E-state index in [1.165, 1.54) is 0 Å². The molecular formula is C16H24N2O4S. The summed E-state index contributed by atoms with van der Waals surface area (Å²) in [7, 11) is 0. The fourth-order valence-electron chi connectivity index (χ4n) is 2.89. The molecule has 0 aliphatic carbocycles. The largest absolute Gasteiger partial charge is 0.481 e. The number of hydrogen-bond acceptors (Lipinski definition) is 5. The number of carbonyl (C=O) groups is 2. The second kappa shape index (κ2) is 8.38. The van der Waals surface area contributed by atoms with E-state index in [0.29, 0.717) is 24.6 Å². The second-order valence-electron chi connectivity index (χ2n) is 6.08. The number of piperidine rings is 1. The zero-order chi connectivity index (χ0) is 16.8. The zero-order valence-electron chi connectivity index (χ0n) is 13.7. The Labute approximate surface area is 140 Å². The maximum atomic E-state index is 12.3. The molecule has 1 amide bonds. The van der Waals surface area contributed by atoms with Crippen LogP contribution in [0.1, 0.15) is 42.7 Å². The molecule has 1 unspecified atom stereocenters. The summed E-state index contributed by atoms with van der Waals surface area (Å²) >= 11 is 1.58. The Morgan fingerprint density at radius 2 is 2.22 bits per heavy atom. The van der Waals surface area contributed by atoms with Crippen molar-refractivity contribution in [2.75, 3.05) is 18.8 Å². The minimum Gasteiger partial charge on any atom is -0.481 e. The third-order valence-electron chi connectivity index (χ3n) is 4.29. The van der Waals surface area contributed by atoms with Crippen LogP contribution < -0.4 is 0 Å². The van der Waals surface area contributed by atoms with Crippen molar-refractivity contribution in [3.05, 3.63) is 17.0 Å². The highest BCUT2D eigenvalue weighted by Crippen LogP contribution is 2.23. The van der Waals surface area contributed by atoms with Crippen LogP contribution in [0.15, 0.2) is 4.52 Å². The zero-order valence-corrected chi connectivity index (χ0v) is 14.5. The van der Waals surface area contributed by atoms with Gasteiger partial charge in [0, 0.05) is 30.8 Å². The molecule has 1 saturated heterocycles. The lowest BCUT2D eigenvalue weighted by molar-refractivity contribution is -0.137. The fraction of sp³-hybridized carbons (Fsp3) is 0.688. The number of carboxylic acids is 1. The summed E-state index contributed by atoms with van der Waals surface area (Å²) in [6, 6.07) is 0. The summed E-state index contributed by atoms with van der Waals surface area (Å²) in [5.74, 6) is 1.68. The van der Waals surface area contributed by atoms with E-state index in [4.69, 9.17) is 9.63 Å². The molecule has 1 aromatic rings. The minimum absolute atomic E-state index is 0.141. The van der Waals surface area contributed by atoms with Crippen molar-refractivity contribution in [2.45, 2.75) is 45.3 Å². The summed E-state index contributed by atoms with van der Waals surface area (Å²) in [5, 5.41) is 12.7. The Morgan fingerprint density at radius 3 is 2.87 bits per heavy atom. The predicted octanol–water partition coefficient (Wildman–Crippen LogP) is 2.63. The maximum absolute atomic E-state index is 12.3. The van der Waals surface area contributed by atoms with Crippen LogP contribution in [0.3, 0.4) is 0 Å². The fourth-order valence-corrected chi connectivity index (χ4v) is 3.97. The number of aliphatic carboxylic acids is 1. The molecule has 2 heterocycles. The summed E-state index contributed by atoms with van der Waals surface area (Å²) in [6.45, 7) is 5.27. The number of thioether (sulfide) groups is 1. The summed E-state index contributed by atoms with van der Waals surface area (Å²) in [5.41, 5.74) is 1.95. The quantitative estimate of drug-likeness (QED) is 0.821. The SMILES string of the molecule is Cc1noc(C)c1CSCC(=O)N1CCCC(CCC(=O)O)C1. The van der Waals surface area contributed by atoms with Gasteiger partial charge in [-0.25, -0.2) is 0 Å². The number of carbonyl (C=O) groups excluding carboxylic acids is 1. The van der Waals surface area contributed by atoms with Crippen molar-refractivity contribution < 1.29 is 19.2 Å². The van der Waals surface area contributed by atoms with Gasteiger partial charge in [0.15, 0.2) is 0 Å². The number of aromatic nitrogens is 1. The van der Waals surface area contributed by atoms with Gasteiger partial charge in [-0.05, 0) is 39.0 Å². The van der Waals surface area contributed by atoms with Crippen LogP contribution >= 0.6 is 11.8 Å². The molecule has 0 radical (unpaired) electrons. The lowest BCUT2D eigenvalue weighted by atomic mass is 9.93. The molecule has 1 aromatic heterocycles. The Bertz CT molecular complexity index is 539. The van der Waals surface area contributed by atoms with Gasteiger partial charge in [0.2, 0.25) is 5.91 Å². The van der Waals surface area contributed by atoms with Crippen LogP contribution in [0.5, 0.6) is 0 Å². The molecule has 23 heavy (non-hydrogen) atoms. The summed E-state index contributed by atoms with van der Waals surface area (Å²) < 4.78 is 5.12. The smallest absolute Gasteiger partial charge is 0.303 e. The van der Waals surface area contributed by atoms with E-state index in [9.17, 15) is 9.59 Å². The molecule has 1 fully saturated rings. The highest BCUT2D eigenvalue weighted by molar-refractivity contribution is 7.99. The summed E-state index contributed by atoms with van der Waals surface area (Å²) in [6.07, 6.45) is 2.83. The van der Waals surface area contributed by atoms with Crippen LogP contribution in [-0.2, 0) is 15.3 Å². The van der Waals surface area contributed by atoms with Crippen LogP contribution in [0.4, 0.5) is 0 Å². The second-order valence-corrected chi connectivity index (χ2v) is 7.06. The van der Waals surface area contributed by atoms with Crippen molar-refractivity contribution >= 4 is 23.6 Å². The van der Waals surface area contributed by atoms with Gasteiger partial charge in [-0.3, -0.25) is 9.59 Å². The maximum Gasteiger partial charge on any atom is 0.303 e. The molecular weight excluding hydrogens is 316 g/mol. The molecule has 0 bridgehead atoms. The van der Waals surface area contributed by atoms with E-state index in [1.54, 1.807) is 11.8 Å². The molecule has 1 aliphatic heterocycles. The topological polar surface area (TPSA) is 83.6 Å². The normalized spacial score (nSPS) is 18.2. The number of amides is 1. The third-order valence-corrected chi connectivity index (χ3v) is 5.24. The highest BCUT2D eigenvalue weighted by atomic mass is 32.2. The molecule has 0 saturated carbocycles. The van der Waals surface area contributed by atoms with Crippen LogP contribution in [-0.4, -0.2) is 45.9 Å². The van der Waals surface area contributed by atoms with Crippen molar-refractivity contribution in [3.8, 4) is 0 Å². The molecule has 0 aromatic carbocycles. The molecule has 1 atom stereocenters. The molecule has 128 valence electrons. The Kier molecular flexibility index (Phi) is 6.50. The van der Waals surface area contributed by atoms with Crippen molar-refractivity contribution in [3.63, 3.8) is 0 Å². The number of nitrogens with zero attached hydrogens (tertiary/aromatic N) is 2. The van der Waals surface area contributed by atoms with E-state index in [2.05, 4.69) is 5.16 Å². The average molecular weight is 340 g/mol. The minimum atomic E-state index is -0.761. The Morgan fingerprint density at radius 1 is 1.43 bits per heavy atom. The standard InChI is InChI=1S/C16H24N2O4S/c1-11-14(12(2)22-17-11)9-23-10-15(19)18-7-3-4-13(8-18)5-6-16(20)21/h13H,3-10H2,1-2H3,(H,20,21).